The van der Waals surface area contributed by atoms with Crippen LogP contribution in [0, 0.1) is 0 Å². The smallest absolute Gasteiger partial charge is 0.322 e. The first-order chi connectivity index (χ1) is 9.95. The van der Waals surface area contributed by atoms with Crippen molar-refractivity contribution >= 4 is 17.7 Å². The Morgan fingerprint density at radius 3 is 2.57 bits per heavy atom. The van der Waals surface area contributed by atoms with Gasteiger partial charge in [0.05, 0.1) is 13.0 Å². The molecule has 0 atom stereocenters. The maximum atomic E-state index is 12.3. The predicted molar refractivity (Wildman–Crippen MR) is 80.5 cm³/mol. The summed E-state index contributed by atoms with van der Waals surface area (Å²) in [5.41, 5.74) is 1.10. The summed E-state index contributed by atoms with van der Waals surface area (Å²) in [4.78, 5) is 24.8. The molecule has 1 rings (SSSR count). The van der Waals surface area contributed by atoms with E-state index >= 15 is 0 Å². The van der Waals surface area contributed by atoms with Gasteiger partial charge in [-0.15, -0.1) is 0 Å². The fraction of sp³-hybridized carbons (Fsp3) is 0.467. The van der Waals surface area contributed by atoms with Crippen LogP contribution in [-0.4, -0.2) is 48.3 Å². The number of amides is 2. The average Bonchev–Trinajstić information content (AvgIpc) is 2.40. The standard InChI is InChI=1S/C15H22N2O4/c1-11(2)17(8-9-21-3)15(20)16-13-7-5-4-6-12(13)10-14(18)19/h4-7,11H,8-10H2,1-3H3,(H,16,20)(H,18,19). The van der Waals surface area contributed by atoms with Gasteiger partial charge in [-0.05, 0) is 25.5 Å². The van der Waals surface area contributed by atoms with Crippen LogP contribution in [-0.2, 0) is 16.0 Å². The summed E-state index contributed by atoms with van der Waals surface area (Å²) < 4.78 is 5.00. The van der Waals surface area contributed by atoms with E-state index in [2.05, 4.69) is 5.32 Å². The van der Waals surface area contributed by atoms with Crippen molar-refractivity contribution in [3.8, 4) is 0 Å². The summed E-state index contributed by atoms with van der Waals surface area (Å²) in [6.45, 7) is 4.75. The van der Waals surface area contributed by atoms with Crippen molar-refractivity contribution in [1.82, 2.24) is 4.90 Å². The van der Waals surface area contributed by atoms with E-state index < -0.39 is 5.97 Å². The van der Waals surface area contributed by atoms with Crippen molar-refractivity contribution in [2.24, 2.45) is 0 Å². The average molecular weight is 294 g/mol. The zero-order chi connectivity index (χ0) is 15.8. The van der Waals surface area contributed by atoms with Gasteiger partial charge in [-0.25, -0.2) is 4.79 Å². The van der Waals surface area contributed by atoms with E-state index in [0.717, 1.165) is 0 Å². The Balaban J connectivity index is 2.83. The zero-order valence-electron chi connectivity index (χ0n) is 12.6. The van der Waals surface area contributed by atoms with Gasteiger partial charge >= 0.3 is 12.0 Å². The molecule has 0 spiro atoms. The van der Waals surface area contributed by atoms with E-state index in [1.165, 1.54) is 0 Å². The summed E-state index contributed by atoms with van der Waals surface area (Å²) in [5.74, 6) is -0.934. The molecule has 1 aromatic carbocycles. The van der Waals surface area contributed by atoms with E-state index in [-0.39, 0.29) is 18.5 Å². The first kappa shape index (κ1) is 17.0. The first-order valence-corrected chi connectivity index (χ1v) is 6.82. The molecule has 0 aliphatic rings. The third kappa shape index (κ3) is 5.43. The Morgan fingerprint density at radius 1 is 1.33 bits per heavy atom. The van der Waals surface area contributed by atoms with Gasteiger partial charge in [0, 0.05) is 25.4 Å². The van der Waals surface area contributed by atoms with E-state index in [9.17, 15) is 9.59 Å². The lowest BCUT2D eigenvalue weighted by atomic mass is 10.1. The fourth-order valence-corrected chi connectivity index (χ4v) is 1.93. The minimum atomic E-state index is -0.934. The summed E-state index contributed by atoms with van der Waals surface area (Å²) in [5, 5.41) is 11.7. The van der Waals surface area contributed by atoms with Gasteiger partial charge in [0.2, 0.25) is 0 Å². The summed E-state index contributed by atoms with van der Waals surface area (Å²) >= 11 is 0. The maximum Gasteiger partial charge on any atom is 0.322 e. The topological polar surface area (TPSA) is 78.9 Å². The Kier molecular flexibility index (Phi) is 6.68. The number of hydrogen-bond donors (Lipinski definition) is 2. The van der Waals surface area contributed by atoms with E-state index in [1.54, 1.807) is 36.3 Å². The molecule has 0 aliphatic carbocycles. The normalized spacial score (nSPS) is 10.5. The number of carboxylic acids is 1. The molecule has 6 nitrogen and oxygen atoms in total. The highest BCUT2D eigenvalue weighted by molar-refractivity contribution is 5.91. The lowest BCUT2D eigenvalue weighted by Gasteiger charge is -2.27. The number of carboxylic acid groups (broad SMARTS) is 1. The molecular weight excluding hydrogens is 272 g/mol. The lowest BCUT2D eigenvalue weighted by molar-refractivity contribution is -0.136. The van der Waals surface area contributed by atoms with E-state index in [4.69, 9.17) is 9.84 Å². The summed E-state index contributed by atoms with van der Waals surface area (Å²) in [6, 6.07) is 6.66. The molecule has 6 heteroatoms. The second-order valence-corrected chi connectivity index (χ2v) is 4.94. The number of rotatable bonds is 7. The van der Waals surface area contributed by atoms with Crippen LogP contribution in [0.15, 0.2) is 24.3 Å². The fourth-order valence-electron chi connectivity index (χ4n) is 1.93. The molecule has 0 bridgehead atoms. The predicted octanol–water partition coefficient (Wildman–Crippen LogP) is 2.20. The number of methoxy groups -OCH3 is 1. The van der Waals surface area contributed by atoms with E-state index in [1.807, 2.05) is 13.8 Å². The highest BCUT2D eigenvalue weighted by Crippen LogP contribution is 2.17. The lowest BCUT2D eigenvalue weighted by Crippen LogP contribution is -2.42. The number of urea groups is 1. The molecule has 0 saturated heterocycles. The van der Waals surface area contributed by atoms with Crippen LogP contribution in [0.5, 0.6) is 0 Å². The third-order valence-electron chi connectivity index (χ3n) is 3.02. The van der Waals surface area contributed by atoms with Crippen molar-refractivity contribution in [3.63, 3.8) is 0 Å². The van der Waals surface area contributed by atoms with Crippen LogP contribution in [0.2, 0.25) is 0 Å². The van der Waals surface area contributed by atoms with E-state index in [0.29, 0.717) is 24.4 Å². The SMILES string of the molecule is COCCN(C(=O)Nc1ccccc1CC(=O)O)C(C)C. The monoisotopic (exact) mass is 294 g/mol. The molecule has 0 radical (unpaired) electrons. The second kappa shape index (κ2) is 8.26. The van der Waals surface area contributed by atoms with Crippen LogP contribution in [0.3, 0.4) is 0 Å². The molecule has 2 amide bonds. The highest BCUT2D eigenvalue weighted by atomic mass is 16.5. The number of carbonyl (C=O) groups is 2. The summed E-state index contributed by atoms with van der Waals surface area (Å²) in [7, 11) is 1.58. The number of anilines is 1. The second-order valence-electron chi connectivity index (χ2n) is 4.94. The molecular formula is C15H22N2O4. The Labute approximate surface area is 124 Å². The molecule has 2 N–H and O–H groups in total. The van der Waals surface area contributed by atoms with Gasteiger partial charge < -0.3 is 20.1 Å². The number of nitrogens with zero attached hydrogens (tertiary/aromatic N) is 1. The van der Waals surface area contributed by atoms with Crippen molar-refractivity contribution in [2.45, 2.75) is 26.3 Å². The van der Waals surface area contributed by atoms with Gasteiger partial charge in [-0.3, -0.25) is 4.79 Å². The van der Waals surface area contributed by atoms with Crippen molar-refractivity contribution in [3.05, 3.63) is 29.8 Å². The van der Waals surface area contributed by atoms with Crippen LogP contribution >= 0.6 is 0 Å². The minimum Gasteiger partial charge on any atom is -0.481 e. The molecule has 0 aromatic heterocycles. The maximum absolute atomic E-state index is 12.3. The highest BCUT2D eigenvalue weighted by Gasteiger charge is 2.18. The Morgan fingerprint density at radius 2 is 2.00 bits per heavy atom. The quantitative estimate of drug-likeness (QED) is 0.808. The van der Waals surface area contributed by atoms with Crippen LogP contribution in [0.1, 0.15) is 19.4 Å². The number of para-hydroxylation sites is 1. The van der Waals surface area contributed by atoms with Gasteiger partial charge in [-0.1, -0.05) is 18.2 Å². The van der Waals surface area contributed by atoms with Gasteiger partial charge in [0.15, 0.2) is 0 Å². The molecule has 21 heavy (non-hydrogen) atoms. The number of ether oxygens (including phenoxy) is 1. The zero-order valence-corrected chi connectivity index (χ0v) is 12.6. The largest absolute Gasteiger partial charge is 0.481 e. The molecule has 0 fully saturated rings. The molecule has 0 unspecified atom stereocenters. The molecule has 0 saturated carbocycles. The molecule has 1 aromatic rings. The van der Waals surface area contributed by atoms with Crippen LogP contribution < -0.4 is 5.32 Å². The number of hydrogen-bond acceptors (Lipinski definition) is 3. The first-order valence-electron chi connectivity index (χ1n) is 6.82. The number of carbonyl (C=O) groups excluding carboxylic acids is 1. The Hall–Kier alpha value is -2.08. The molecule has 116 valence electrons. The van der Waals surface area contributed by atoms with Crippen molar-refractivity contribution < 1.29 is 19.4 Å². The number of benzene rings is 1. The van der Waals surface area contributed by atoms with Crippen LogP contribution in [0.4, 0.5) is 10.5 Å². The van der Waals surface area contributed by atoms with Crippen LogP contribution in [0.25, 0.3) is 0 Å². The summed E-state index contributed by atoms with van der Waals surface area (Å²) in [6.07, 6.45) is -0.129. The third-order valence-corrected chi connectivity index (χ3v) is 3.02. The Bertz CT molecular complexity index is 488. The number of aliphatic carboxylic acids is 1. The van der Waals surface area contributed by atoms with Crippen molar-refractivity contribution in [1.29, 1.82) is 0 Å². The van der Waals surface area contributed by atoms with Gasteiger partial charge in [0.25, 0.3) is 0 Å². The van der Waals surface area contributed by atoms with Crippen molar-refractivity contribution in [2.75, 3.05) is 25.6 Å². The van der Waals surface area contributed by atoms with Gasteiger partial charge in [-0.2, -0.15) is 0 Å². The minimum absolute atomic E-state index is 0.0202. The molecule has 0 heterocycles. The van der Waals surface area contributed by atoms with Gasteiger partial charge in [0.1, 0.15) is 0 Å². The molecule has 0 aliphatic heterocycles. The number of nitrogens with one attached hydrogen (secondary N) is 1.